The summed E-state index contributed by atoms with van der Waals surface area (Å²) in [6, 6.07) is 4.22. The van der Waals surface area contributed by atoms with Gasteiger partial charge in [-0.1, -0.05) is 42.1 Å². The molecule has 2 aromatic rings. The number of hydrogen-bond acceptors (Lipinski definition) is 1. The minimum Gasteiger partial charge on any atom is -0.342 e. The molecule has 0 spiro atoms. The molecule has 17 heavy (non-hydrogen) atoms. The largest absolute Gasteiger partial charge is 0.342 e. The van der Waals surface area contributed by atoms with Gasteiger partial charge in [0.2, 0.25) is 0 Å². The molecule has 0 amide bonds. The average molecular weight is 295 g/mol. The second-order valence-electron chi connectivity index (χ2n) is 4.61. The zero-order valence-electron chi connectivity index (χ0n) is 10.5. The Kier molecular flexibility index (Phi) is 4.21. The molecular weight excluding hydrogens is 276 g/mol. The Hall–Kier alpha value is -0.830. The minimum atomic E-state index is 1.06. The summed E-state index contributed by atoms with van der Waals surface area (Å²) in [5.74, 6) is 1.12. The topological polar surface area (TPSA) is 28.7 Å². The van der Waals surface area contributed by atoms with E-state index in [1.54, 1.807) is 0 Å². The molecule has 0 aliphatic heterocycles. The first-order valence-electron chi connectivity index (χ1n) is 6.35. The molecule has 92 valence electrons. The highest BCUT2D eigenvalue weighted by Gasteiger charge is 2.06. The van der Waals surface area contributed by atoms with Gasteiger partial charge in [0.1, 0.15) is 5.82 Å². The van der Waals surface area contributed by atoms with E-state index in [4.69, 9.17) is 0 Å². The van der Waals surface area contributed by atoms with Crippen LogP contribution in [0.3, 0.4) is 0 Å². The number of fused-ring (bicyclic) bond motifs is 1. The average Bonchev–Trinajstić information content (AvgIpc) is 2.67. The van der Waals surface area contributed by atoms with E-state index in [9.17, 15) is 0 Å². The summed E-state index contributed by atoms with van der Waals surface area (Å²) in [5, 5.41) is 0. The smallest absolute Gasteiger partial charge is 0.107 e. The van der Waals surface area contributed by atoms with Crippen molar-refractivity contribution in [1.82, 2.24) is 9.97 Å². The van der Waals surface area contributed by atoms with Crippen molar-refractivity contribution in [2.45, 2.75) is 46.0 Å². The van der Waals surface area contributed by atoms with Gasteiger partial charge in [-0.05, 0) is 31.0 Å². The van der Waals surface area contributed by atoms with Crippen LogP contribution in [0.25, 0.3) is 11.0 Å². The fourth-order valence-corrected chi connectivity index (χ4v) is 2.71. The van der Waals surface area contributed by atoms with Gasteiger partial charge in [-0.2, -0.15) is 0 Å². The van der Waals surface area contributed by atoms with Crippen molar-refractivity contribution in [2.24, 2.45) is 0 Å². The van der Waals surface area contributed by atoms with Gasteiger partial charge in [-0.3, -0.25) is 0 Å². The highest BCUT2D eigenvalue weighted by Crippen LogP contribution is 2.22. The van der Waals surface area contributed by atoms with Crippen molar-refractivity contribution in [3.63, 3.8) is 0 Å². The van der Waals surface area contributed by atoms with E-state index in [0.717, 1.165) is 27.8 Å². The molecular formula is C14H19BrN2. The van der Waals surface area contributed by atoms with E-state index < -0.39 is 0 Å². The van der Waals surface area contributed by atoms with Crippen molar-refractivity contribution >= 4 is 27.0 Å². The monoisotopic (exact) mass is 294 g/mol. The zero-order chi connectivity index (χ0) is 12.3. The highest BCUT2D eigenvalue weighted by molar-refractivity contribution is 9.10. The van der Waals surface area contributed by atoms with Crippen molar-refractivity contribution < 1.29 is 0 Å². The molecule has 0 saturated heterocycles. The summed E-state index contributed by atoms with van der Waals surface area (Å²) in [4.78, 5) is 8.09. The van der Waals surface area contributed by atoms with Gasteiger partial charge in [-0.15, -0.1) is 0 Å². The van der Waals surface area contributed by atoms with E-state index in [0.29, 0.717) is 0 Å². The van der Waals surface area contributed by atoms with Gasteiger partial charge in [0.25, 0.3) is 0 Å². The number of unbranched alkanes of at least 4 members (excludes halogenated alkanes) is 3. The van der Waals surface area contributed by atoms with E-state index in [-0.39, 0.29) is 0 Å². The Balaban J connectivity index is 2.12. The maximum atomic E-state index is 4.67. The Morgan fingerprint density at radius 2 is 2.06 bits per heavy atom. The standard InChI is InChI=1S/C14H19BrN2/c1-3-4-5-6-7-13-16-12-9-11(15)8-10(2)14(12)17-13/h8-9H,3-7H2,1-2H3,(H,16,17). The molecule has 0 aliphatic carbocycles. The number of rotatable bonds is 5. The molecule has 0 fully saturated rings. The molecule has 2 nitrogen and oxygen atoms in total. The van der Waals surface area contributed by atoms with Gasteiger partial charge in [0.05, 0.1) is 11.0 Å². The second kappa shape index (κ2) is 5.67. The molecule has 1 aromatic carbocycles. The molecule has 0 saturated carbocycles. The van der Waals surface area contributed by atoms with Crippen LogP contribution in [0.1, 0.15) is 44.0 Å². The van der Waals surface area contributed by atoms with Crippen LogP contribution in [0.4, 0.5) is 0 Å². The molecule has 0 radical (unpaired) electrons. The van der Waals surface area contributed by atoms with Crippen molar-refractivity contribution in [3.8, 4) is 0 Å². The molecule has 0 atom stereocenters. The number of H-pyrrole nitrogens is 1. The number of nitrogens with zero attached hydrogens (tertiary/aromatic N) is 1. The minimum absolute atomic E-state index is 1.06. The third-order valence-corrected chi connectivity index (χ3v) is 3.52. The molecule has 2 rings (SSSR count). The third-order valence-electron chi connectivity index (χ3n) is 3.06. The number of imidazole rings is 1. The lowest BCUT2D eigenvalue weighted by molar-refractivity contribution is 0.656. The number of hydrogen-bond donors (Lipinski definition) is 1. The normalized spacial score (nSPS) is 11.2. The number of nitrogens with one attached hydrogen (secondary N) is 1. The number of benzene rings is 1. The zero-order valence-corrected chi connectivity index (χ0v) is 12.1. The summed E-state index contributed by atoms with van der Waals surface area (Å²) in [6.45, 7) is 4.34. The highest BCUT2D eigenvalue weighted by atomic mass is 79.9. The van der Waals surface area contributed by atoms with Crippen LogP contribution in [0.15, 0.2) is 16.6 Å². The number of aryl methyl sites for hydroxylation is 2. The van der Waals surface area contributed by atoms with Crippen molar-refractivity contribution in [3.05, 3.63) is 28.0 Å². The predicted octanol–water partition coefficient (Wildman–Crippen LogP) is 4.76. The fourth-order valence-electron chi connectivity index (χ4n) is 2.14. The molecule has 1 aromatic heterocycles. The summed E-state index contributed by atoms with van der Waals surface area (Å²) in [5.41, 5.74) is 3.48. The molecule has 0 bridgehead atoms. The molecule has 0 aliphatic rings. The first-order chi connectivity index (χ1) is 8.20. The summed E-state index contributed by atoms with van der Waals surface area (Å²) < 4.78 is 1.11. The van der Waals surface area contributed by atoms with E-state index in [1.165, 1.54) is 31.2 Å². The first kappa shape index (κ1) is 12.6. The lowest BCUT2D eigenvalue weighted by Gasteiger charge is -1.95. The van der Waals surface area contributed by atoms with Gasteiger partial charge in [0.15, 0.2) is 0 Å². The lowest BCUT2D eigenvalue weighted by Crippen LogP contribution is -1.88. The van der Waals surface area contributed by atoms with E-state index in [1.807, 2.05) is 0 Å². The van der Waals surface area contributed by atoms with Crippen molar-refractivity contribution in [1.29, 1.82) is 0 Å². The van der Waals surface area contributed by atoms with Crippen LogP contribution in [-0.2, 0) is 6.42 Å². The van der Waals surface area contributed by atoms with Crippen LogP contribution < -0.4 is 0 Å². The van der Waals surface area contributed by atoms with Crippen LogP contribution in [0.2, 0.25) is 0 Å². The van der Waals surface area contributed by atoms with Crippen LogP contribution in [-0.4, -0.2) is 9.97 Å². The lowest BCUT2D eigenvalue weighted by atomic mass is 10.1. The summed E-state index contributed by atoms with van der Waals surface area (Å²) in [7, 11) is 0. The third kappa shape index (κ3) is 3.09. The second-order valence-corrected chi connectivity index (χ2v) is 5.53. The Bertz CT molecular complexity index is 502. The molecule has 1 N–H and O–H groups in total. The fraction of sp³-hybridized carbons (Fsp3) is 0.500. The maximum absolute atomic E-state index is 4.67. The van der Waals surface area contributed by atoms with Gasteiger partial charge in [-0.25, -0.2) is 4.98 Å². The number of halogens is 1. The van der Waals surface area contributed by atoms with Crippen molar-refractivity contribution in [2.75, 3.05) is 0 Å². The van der Waals surface area contributed by atoms with Crippen LogP contribution in [0.5, 0.6) is 0 Å². The summed E-state index contributed by atoms with van der Waals surface area (Å²) in [6.07, 6.45) is 6.20. The number of aromatic nitrogens is 2. The van der Waals surface area contributed by atoms with Crippen LogP contribution >= 0.6 is 15.9 Å². The Morgan fingerprint density at radius 3 is 2.82 bits per heavy atom. The maximum Gasteiger partial charge on any atom is 0.107 e. The Labute approximate surface area is 111 Å². The molecule has 0 unspecified atom stereocenters. The van der Waals surface area contributed by atoms with E-state index in [2.05, 4.69) is 51.9 Å². The quantitative estimate of drug-likeness (QED) is 0.792. The van der Waals surface area contributed by atoms with Crippen LogP contribution in [0, 0.1) is 6.92 Å². The summed E-state index contributed by atoms with van der Waals surface area (Å²) >= 11 is 3.52. The van der Waals surface area contributed by atoms with Gasteiger partial charge >= 0.3 is 0 Å². The number of aromatic amines is 1. The van der Waals surface area contributed by atoms with Gasteiger partial charge in [0, 0.05) is 10.9 Å². The van der Waals surface area contributed by atoms with E-state index >= 15 is 0 Å². The SMILES string of the molecule is CCCCCCc1nc2c(C)cc(Br)cc2[nH]1. The molecule has 1 heterocycles. The Morgan fingerprint density at radius 1 is 1.24 bits per heavy atom. The molecule has 3 heteroatoms. The van der Waals surface area contributed by atoms with Gasteiger partial charge < -0.3 is 4.98 Å². The predicted molar refractivity (Wildman–Crippen MR) is 76.4 cm³/mol. The first-order valence-corrected chi connectivity index (χ1v) is 7.14.